The van der Waals surface area contributed by atoms with Crippen LogP contribution in [0.1, 0.15) is 63.1 Å². The summed E-state index contributed by atoms with van der Waals surface area (Å²) in [4.78, 5) is 0. The second-order valence-electron chi connectivity index (χ2n) is 6.66. The van der Waals surface area contributed by atoms with E-state index in [0.717, 1.165) is 17.9 Å². The van der Waals surface area contributed by atoms with E-state index in [2.05, 4.69) is 43.4 Å². The smallest absolute Gasteiger partial charge is 0.0294 e. The summed E-state index contributed by atoms with van der Waals surface area (Å²) >= 11 is 0. The second-order valence-corrected chi connectivity index (χ2v) is 6.66. The maximum Gasteiger partial charge on any atom is 0.0294 e. The lowest BCUT2D eigenvalue weighted by molar-refractivity contribution is 0.327. The van der Waals surface area contributed by atoms with E-state index in [4.69, 9.17) is 0 Å². The number of nitrogens with one attached hydrogen (secondary N) is 1. The Morgan fingerprint density at radius 3 is 2.53 bits per heavy atom. The fourth-order valence-corrected chi connectivity index (χ4v) is 4.13. The standard InChI is InChI=1S/C18H27N/c1-3-4-14-5-8-16(9-6-14)13(2)19-18-12-15-7-10-17(18)11-15/h5-6,8-9,13,15,17-19H,3-4,7,10-12H2,1-2H3. The molecule has 2 saturated carbocycles. The Labute approximate surface area is 117 Å². The molecule has 0 aromatic heterocycles. The van der Waals surface area contributed by atoms with Gasteiger partial charge in [0.05, 0.1) is 0 Å². The summed E-state index contributed by atoms with van der Waals surface area (Å²) in [5.74, 6) is 1.99. The van der Waals surface area contributed by atoms with Crippen LogP contribution in [0.15, 0.2) is 24.3 Å². The first-order valence-corrected chi connectivity index (χ1v) is 8.11. The molecule has 1 N–H and O–H groups in total. The zero-order valence-electron chi connectivity index (χ0n) is 12.4. The third-order valence-corrected chi connectivity index (χ3v) is 5.22. The van der Waals surface area contributed by atoms with Crippen LogP contribution in [-0.4, -0.2) is 6.04 Å². The lowest BCUT2D eigenvalue weighted by Gasteiger charge is -2.27. The van der Waals surface area contributed by atoms with Gasteiger partial charge in [-0.05, 0) is 55.6 Å². The Balaban J connectivity index is 1.59. The first-order chi connectivity index (χ1) is 9.26. The fraction of sp³-hybridized carbons (Fsp3) is 0.667. The van der Waals surface area contributed by atoms with E-state index in [9.17, 15) is 0 Å². The number of hydrogen-bond acceptors (Lipinski definition) is 1. The Bertz CT molecular complexity index is 408. The SMILES string of the molecule is CCCc1ccc(C(C)NC2CC3CCC2C3)cc1. The maximum atomic E-state index is 3.88. The molecule has 1 aromatic carbocycles. The summed E-state index contributed by atoms with van der Waals surface area (Å²) < 4.78 is 0. The van der Waals surface area contributed by atoms with Crippen molar-refractivity contribution in [2.75, 3.05) is 0 Å². The first kappa shape index (κ1) is 13.2. The molecular weight excluding hydrogens is 230 g/mol. The molecule has 1 nitrogen and oxygen atoms in total. The highest BCUT2D eigenvalue weighted by atomic mass is 15.0. The number of benzene rings is 1. The van der Waals surface area contributed by atoms with Gasteiger partial charge in [0.25, 0.3) is 0 Å². The van der Waals surface area contributed by atoms with E-state index in [1.165, 1.54) is 49.7 Å². The highest BCUT2D eigenvalue weighted by molar-refractivity contribution is 5.25. The van der Waals surface area contributed by atoms with Gasteiger partial charge in [-0.2, -0.15) is 0 Å². The van der Waals surface area contributed by atoms with Crippen LogP contribution in [0.25, 0.3) is 0 Å². The third kappa shape index (κ3) is 2.86. The van der Waals surface area contributed by atoms with Gasteiger partial charge in [-0.3, -0.25) is 0 Å². The van der Waals surface area contributed by atoms with Gasteiger partial charge in [0, 0.05) is 12.1 Å². The Morgan fingerprint density at radius 2 is 1.95 bits per heavy atom. The summed E-state index contributed by atoms with van der Waals surface area (Å²) in [7, 11) is 0. The zero-order valence-corrected chi connectivity index (χ0v) is 12.4. The van der Waals surface area contributed by atoms with Gasteiger partial charge in [-0.25, -0.2) is 0 Å². The van der Waals surface area contributed by atoms with Gasteiger partial charge in [-0.15, -0.1) is 0 Å². The van der Waals surface area contributed by atoms with Crippen LogP contribution >= 0.6 is 0 Å². The zero-order chi connectivity index (χ0) is 13.2. The molecule has 104 valence electrons. The maximum absolute atomic E-state index is 3.88. The highest BCUT2D eigenvalue weighted by Gasteiger charge is 2.39. The molecule has 2 bridgehead atoms. The van der Waals surface area contributed by atoms with Gasteiger partial charge in [0.2, 0.25) is 0 Å². The van der Waals surface area contributed by atoms with E-state index in [1.54, 1.807) is 0 Å². The minimum Gasteiger partial charge on any atom is -0.307 e. The van der Waals surface area contributed by atoms with E-state index >= 15 is 0 Å². The Hall–Kier alpha value is -0.820. The summed E-state index contributed by atoms with van der Waals surface area (Å²) in [6.45, 7) is 4.56. The highest BCUT2D eigenvalue weighted by Crippen LogP contribution is 2.45. The Morgan fingerprint density at radius 1 is 1.16 bits per heavy atom. The molecule has 4 unspecified atom stereocenters. The molecule has 0 spiro atoms. The van der Waals surface area contributed by atoms with Crippen molar-refractivity contribution in [1.29, 1.82) is 0 Å². The van der Waals surface area contributed by atoms with Crippen molar-refractivity contribution in [3.05, 3.63) is 35.4 Å². The van der Waals surface area contributed by atoms with Crippen LogP contribution < -0.4 is 5.32 Å². The van der Waals surface area contributed by atoms with Gasteiger partial charge in [0.15, 0.2) is 0 Å². The van der Waals surface area contributed by atoms with Crippen molar-refractivity contribution >= 4 is 0 Å². The van der Waals surface area contributed by atoms with Crippen LogP contribution in [0.4, 0.5) is 0 Å². The van der Waals surface area contributed by atoms with E-state index < -0.39 is 0 Å². The molecule has 2 aliphatic carbocycles. The van der Waals surface area contributed by atoms with Crippen LogP contribution in [0.2, 0.25) is 0 Å². The number of rotatable bonds is 5. The minimum atomic E-state index is 0.500. The van der Waals surface area contributed by atoms with Gasteiger partial charge in [-0.1, -0.05) is 44.0 Å². The van der Waals surface area contributed by atoms with Crippen molar-refractivity contribution in [3.8, 4) is 0 Å². The summed E-state index contributed by atoms with van der Waals surface area (Å²) in [6, 6.07) is 10.5. The third-order valence-electron chi connectivity index (χ3n) is 5.22. The molecule has 2 aliphatic rings. The number of aryl methyl sites for hydroxylation is 1. The van der Waals surface area contributed by atoms with Crippen LogP contribution in [-0.2, 0) is 6.42 Å². The Kier molecular flexibility index (Phi) is 3.93. The largest absolute Gasteiger partial charge is 0.307 e. The predicted octanol–water partition coefficient (Wildman–Crippen LogP) is 4.48. The predicted molar refractivity (Wildman–Crippen MR) is 81.2 cm³/mol. The van der Waals surface area contributed by atoms with Gasteiger partial charge in [0.1, 0.15) is 0 Å². The molecule has 19 heavy (non-hydrogen) atoms. The number of hydrogen-bond donors (Lipinski definition) is 1. The van der Waals surface area contributed by atoms with E-state index in [-0.39, 0.29) is 0 Å². The molecule has 0 saturated heterocycles. The van der Waals surface area contributed by atoms with Crippen molar-refractivity contribution in [3.63, 3.8) is 0 Å². The van der Waals surface area contributed by atoms with E-state index in [1.807, 2.05) is 0 Å². The molecule has 1 heteroatoms. The quantitative estimate of drug-likeness (QED) is 0.820. The molecule has 2 fully saturated rings. The van der Waals surface area contributed by atoms with Crippen LogP contribution in [0.3, 0.4) is 0 Å². The normalized spacial score (nSPS) is 30.7. The molecule has 0 amide bonds. The summed E-state index contributed by atoms with van der Waals surface area (Å²) in [5, 5.41) is 3.88. The molecule has 1 aromatic rings. The average Bonchev–Trinajstić information content (AvgIpc) is 3.02. The van der Waals surface area contributed by atoms with Crippen molar-refractivity contribution < 1.29 is 0 Å². The van der Waals surface area contributed by atoms with Gasteiger partial charge >= 0.3 is 0 Å². The fourth-order valence-electron chi connectivity index (χ4n) is 4.13. The topological polar surface area (TPSA) is 12.0 Å². The molecule has 3 rings (SSSR count). The van der Waals surface area contributed by atoms with Crippen LogP contribution in [0, 0.1) is 11.8 Å². The molecule has 0 aliphatic heterocycles. The monoisotopic (exact) mass is 257 g/mol. The number of fused-ring (bicyclic) bond motifs is 2. The molecule has 4 atom stereocenters. The molecular formula is C18H27N. The van der Waals surface area contributed by atoms with Crippen molar-refractivity contribution in [2.45, 2.75) is 64.5 Å². The average molecular weight is 257 g/mol. The lowest BCUT2D eigenvalue weighted by atomic mass is 9.94. The molecule has 0 radical (unpaired) electrons. The molecule has 0 heterocycles. The first-order valence-electron chi connectivity index (χ1n) is 8.11. The second kappa shape index (κ2) is 5.66. The summed E-state index contributed by atoms with van der Waals surface area (Å²) in [5.41, 5.74) is 2.92. The van der Waals surface area contributed by atoms with E-state index in [0.29, 0.717) is 6.04 Å². The van der Waals surface area contributed by atoms with Crippen molar-refractivity contribution in [1.82, 2.24) is 5.32 Å². The van der Waals surface area contributed by atoms with Gasteiger partial charge < -0.3 is 5.32 Å². The lowest BCUT2D eigenvalue weighted by Crippen LogP contribution is -2.35. The van der Waals surface area contributed by atoms with Crippen molar-refractivity contribution in [2.24, 2.45) is 11.8 Å². The van der Waals surface area contributed by atoms with Crippen LogP contribution in [0.5, 0.6) is 0 Å². The summed E-state index contributed by atoms with van der Waals surface area (Å²) in [6.07, 6.45) is 8.29. The minimum absolute atomic E-state index is 0.500.